The van der Waals surface area contributed by atoms with Gasteiger partial charge in [0.1, 0.15) is 0 Å². The Labute approximate surface area is 127 Å². The lowest BCUT2D eigenvalue weighted by Crippen LogP contribution is -2.29. The molecule has 0 aliphatic carbocycles. The normalized spacial score (nSPS) is 10.6. The maximum atomic E-state index is 10.7. The minimum atomic E-state index is -0.798. The van der Waals surface area contributed by atoms with Crippen molar-refractivity contribution in [3.8, 4) is 0 Å². The second kappa shape index (κ2) is 9.41. The van der Waals surface area contributed by atoms with Gasteiger partial charge in [0.15, 0.2) is 0 Å². The molecule has 8 heteroatoms. The highest BCUT2D eigenvalue weighted by molar-refractivity contribution is 6.18. The minimum absolute atomic E-state index is 0.528. The summed E-state index contributed by atoms with van der Waals surface area (Å²) in [5, 5.41) is 11.9. The number of urea groups is 1. The quantitative estimate of drug-likeness (QED) is 0.311. The summed E-state index contributed by atoms with van der Waals surface area (Å²) in [7, 11) is 0. The molecule has 0 saturated carbocycles. The van der Waals surface area contributed by atoms with E-state index in [0.717, 1.165) is 24.3 Å². The highest BCUT2D eigenvalue weighted by Crippen LogP contribution is 2.14. The van der Waals surface area contributed by atoms with Crippen molar-refractivity contribution >= 4 is 41.1 Å². The molecule has 0 saturated heterocycles. The third-order valence-corrected chi connectivity index (χ3v) is 2.79. The Balaban J connectivity index is 2.64. The van der Waals surface area contributed by atoms with Crippen molar-refractivity contribution in [2.75, 3.05) is 29.7 Å². The standard InChI is InChI=1S/C12H16Cl2N4O2/c13-5-7-18(8-6-14)11-3-1-10(2-4-11)9-15-16-12(19)17-20/h1-4,9,20H,5-8H2,(H2,16,17,19). The Bertz CT molecular complexity index is 434. The van der Waals surface area contributed by atoms with Gasteiger partial charge in [-0.3, -0.25) is 5.21 Å². The van der Waals surface area contributed by atoms with Gasteiger partial charge in [-0.25, -0.2) is 15.7 Å². The van der Waals surface area contributed by atoms with Crippen LogP contribution in [-0.2, 0) is 0 Å². The third kappa shape index (κ3) is 5.64. The second-order valence-electron chi connectivity index (χ2n) is 3.77. The first-order valence-electron chi connectivity index (χ1n) is 5.91. The Morgan fingerprint density at radius 2 is 1.85 bits per heavy atom. The fourth-order valence-electron chi connectivity index (χ4n) is 1.54. The molecule has 0 radical (unpaired) electrons. The highest BCUT2D eigenvalue weighted by Gasteiger charge is 2.04. The predicted molar refractivity (Wildman–Crippen MR) is 81.1 cm³/mol. The number of anilines is 1. The van der Waals surface area contributed by atoms with Gasteiger partial charge in [-0.15, -0.1) is 23.2 Å². The van der Waals surface area contributed by atoms with E-state index >= 15 is 0 Å². The van der Waals surface area contributed by atoms with E-state index in [1.165, 1.54) is 11.7 Å². The smallest absolute Gasteiger partial charge is 0.358 e. The van der Waals surface area contributed by atoms with Gasteiger partial charge >= 0.3 is 6.03 Å². The topological polar surface area (TPSA) is 77.0 Å². The van der Waals surface area contributed by atoms with Crippen molar-refractivity contribution in [1.82, 2.24) is 10.9 Å². The molecule has 0 unspecified atom stereocenters. The van der Waals surface area contributed by atoms with Crippen LogP contribution in [0.3, 0.4) is 0 Å². The molecule has 1 rings (SSSR count). The van der Waals surface area contributed by atoms with E-state index in [-0.39, 0.29) is 0 Å². The average molecular weight is 319 g/mol. The number of hydroxylamine groups is 1. The second-order valence-corrected chi connectivity index (χ2v) is 4.52. The Morgan fingerprint density at radius 3 is 2.35 bits per heavy atom. The molecule has 0 atom stereocenters. The van der Waals surface area contributed by atoms with Crippen molar-refractivity contribution in [1.29, 1.82) is 0 Å². The summed E-state index contributed by atoms with van der Waals surface area (Å²) in [5.41, 5.74) is 5.32. The van der Waals surface area contributed by atoms with Crippen LogP contribution in [0.1, 0.15) is 5.56 Å². The molecular weight excluding hydrogens is 303 g/mol. The van der Waals surface area contributed by atoms with Crippen molar-refractivity contribution in [3.63, 3.8) is 0 Å². The SMILES string of the molecule is O=C(NO)NN=Cc1ccc(N(CCCl)CCCl)cc1. The molecule has 1 aromatic rings. The zero-order chi connectivity index (χ0) is 14.8. The Kier molecular flexibility index (Phi) is 7.79. The number of alkyl halides is 2. The fraction of sp³-hybridized carbons (Fsp3) is 0.333. The van der Waals surface area contributed by atoms with E-state index in [9.17, 15) is 4.79 Å². The van der Waals surface area contributed by atoms with Gasteiger partial charge in [0.05, 0.1) is 6.21 Å². The largest absolute Gasteiger partial charge is 0.369 e. The Morgan fingerprint density at radius 1 is 1.25 bits per heavy atom. The molecular formula is C12H16Cl2N4O2. The number of amides is 2. The van der Waals surface area contributed by atoms with Crippen molar-refractivity contribution in [3.05, 3.63) is 29.8 Å². The van der Waals surface area contributed by atoms with Crippen LogP contribution in [0, 0.1) is 0 Å². The number of carbonyl (C=O) groups excluding carboxylic acids is 1. The van der Waals surface area contributed by atoms with Gasteiger partial charge in [0, 0.05) is 30.5 Å². The number of hydrogen-bond acceptors (Lipinski definition) is 4. The van der Waals surface area contributed by atoms with E-state index in [1.54, 1.807) is 0 Å². The van der Waals surface area contributed by atoms with Gasteiger partial charge in [-0.2, -0.15) is 5.10 Å². The first kappa shape index (κ1) is 16.6. The maximum absolute atomic E-state index is 10.7. The summed E-state index contributed by atoms with van der Waals surface area (Å²) >= 11 is 11.5. The maximum Gasteiger partial charge on any atom is 0.358 e. The molecule has 3 N–H and O–H groups in total. The van der Waals surface area contributed by atoms with Crippen LogP contribution in [0.15, 0.2) is 29.4 Å². The van der Waals surface area contributed by atoms with Gasteiger partial charge < -0.3 is 4.90 Å². The molecule has 110 valence electrons. The lowest BCUT2D eigenvalue weighted by atomic mass is 10.2. The van der Waals surface area contributed by atoms with Gasteiger partial charge in [0.25, 0.3) is 0 Å². The number of benzene rings is 1. The van der Waals surface area contributed by atoms with Crippen LogP contribution in [0.5, 0.6) is 0 Å². The number of nitrogens with one attached hydrogen (secondary N) is 2. The lowest BCUT2D eigenvalue weighted by Gasteiger charge is -2.22. The number of halogens is 2. The number of nitrogens with zero attached hydrogens (tertiary/aromatic N) is 2. The molecule has 0 aliphatic heterocycles. The van der Waals surface area contributed by atoms with Crippen molar-refractivity contribution in [2.45, 2.75) is 0 Å². The van der Waals surface area contributed by atoms with E-state index < -0.39 is 6.03 Å². The molecule has 0 aromatic heterocycles. The molecule has 6 nitrogen and oxygen atoms in total. The lowest BCUT2D eigenvalue weighted by molar-refractivity contribution is 0.162. The van der Waals surface area contributed by atoms with E-state index in [2.05, 4.69) is 15.4 Å². The minimum Gasteiger partial charge on any atom is -0.369 e. The monoisotopic (exact) mass is 318 g/mol. The van der Waals surface area contributed by atoms with Gasteiger partial charge in [-0.05, 0) is 17.7 Å². The van der Waals surface area contributed by atoms with Gasteiger partial charge in [-0.1, -0.05) is 12.1 Å². The number of hydrazone groups is 1. The summed E-state index contributed by atoms with van der Waals surface area (Å²) in [6.07, 6.45) is 1.46. The summed E-state index contributed by atoms with van der Waals surface area (Å²) < 4.78 is 0. The molecule has 0 aliphatic rings. The number of hydrogen-bond donors (Lipinski definition) is 3. The van der Waals surface area contributed by atoms with E-state index in [1.807, 2.05) is 24.3 Å². The molecule has 0 spiro atoms. The summed E-state index contributed by atoms with van der Waals surface area (Å²) in [4.78, 5) is 12.8. The first-order valence-corrected chi connectivity index (χ1v) is 6.98. The van der Waals surface area contributed by atoms with Crippen LogP contribution in [0.2, 0.25) is 0 Å². The molecule has 0 fully saturated rings. The number of carbonyl (C=O) groups is 1. The summed E-state index contributed by atoms with van der Waals surface area (Å²) in [6, 6.07) is 6.76. The summed E-state index contributed by atoms with van der Waals surface area (Å²) in [5.74, 6) is 1.06. The van der Waals surface area contributed by atoms with Crippen LogP contribution in [0.25, 0.3) is 0 Å². The van der Waals surface area contributed by atoms with E-state index in [4.69, 9.17) is 28.4 Å². The van der Waals surface area contributed by atoms with Crippen molar-refractivity contribution < 1.29 is 10.0 Å². The zero-order valence-electron chi connectivity index (χ0n) is 10.7. The zero-order valence-corrected chi connectivity index (χ0v) is 12.2. The first-order chi connectivity index (χ1) is 9.71. The third-order valence-electron chi connectivity index (χ3n) is 2.45. The highest BCUT2D eigenvalue weighted by atomic mass is 35.5. The van der Waals surface area contributed by atoms with Gasteiger partial charge in [0.2, 0.25) is 0 Å². The van der Waals surface area contributed by atoms with Crippen LogP contribution < -0.4 is 15.8 Å². The molecule has 2 amide bonds. The van der Waals surface area contributed by atoms with Crippen LogP contribution in [-0.4, -0.2) is 42.3 Å². The van der Waals surface area contributed by atoms with Crippen molar-refractivity contribution in [2.24, 2.45) is 5.10 Å². The molecule has 1 aromatic carbocycles. The molecule has 0 heterocycles. The Hall–Kier alpha value is -1.50. The number of rotatable bonds is 7. The predicted octanol–water partition coefficient (Wildman–Crippen LogP) is 1.99. The van der Waals surface area contributed by atoms with E-state index in [0.29, 0.717) is 11.8 Å². The van der Waals surface area contributed by atoms with Crippen LogP contribution in [0.4, 0.5) is 10.5 Å². The average Bonchev–Trinajstić information content (AvgIpc) is 2.47. The fourth-order valence-corrected chi connectivity index (χ4v) is 1.94. The molecule has 20 heavy (non-hydrogen) atoms. The summed E-state index contributed by atoms with van der Waals surface area (Å²) in [6.45, 7) is 1.44. The van der Waals surface area contributed by atoms with Crippen LogP contribution >= 0.6 is 23.2 Å². The molecule has 0 bridgehead atoms.